The highest BCUT2D eigenvalue weighted by atomic mass is 19.2. The lowest BCUT2D eigenvalue weighted by Gasteiger charge is -2.11. The number of nitrogens with zero attached hydrogens (tertiary/aromatic N) is 2. The summed E-state index contributed by atoms with van der Waals surface area (Å²) in [5.74, 6) is -5.54. The number of hydrazine groups is 1. The van der Waals surface area contributed by atoms with Crippen molar-refractivity contribution in [1.29, 1.82) is 0 Å². The fourth-order valence-electron chi connectivity index (χ4n) is 1.54. The molecule has 4 N–H and O–H groups in total. The average molecular weight is 305 g/mol. The number of hydrogen-bond donors (Lipinski definition) is 3. The molecule has 21 heavy (non-hydrogen) atoms. The largest absolute Gasteiger partial charge is 0.335 e. The molecule has 0 spiro atoms. The van der Waals surface area contributed by atoms with Crippen LogP contribution in [0, 0.1) is 36.0 Å². The van der Waals surface area contributed by atoms with Gasteiger partial charge >= 0.3 is 0 Å². The van der Waals surface area contributed by atoms with Crippen LogP contribution >= 0.6 is 0 Å². The summed E-state index contributed by atoms with van der Waals surface area (Å²) >= 11 is 0. The van der Waals surface area contributed by atoms with Crippen LogP contribution in [0.4, 0.5) is 39.4 Å². The topological polar surface area (TPSA) is 75.9 Å². The zero-order valence-electron chi connectivity index (χ0n) is 10.4. The quantitative estimate of drug-likeness (QED) is 0.267. The van der Waals surface area contributed by atoms with E-state index >= 15 is 0 Å². The third kappa shape index (κ3) is 2.70. The number of hydrogen-bond acceptors (Lipinski definition) is 5. The molecule has 0 saturated carbocycles. The lowest BCUT2D eigenvalue weighted by molar-refractivity contribution is 0.382. The highest BCUT2D eigenvalue weighted by Gasteiger charge is 2.26. The fourth-order valence-corrected chi connectivity index (χ4v) is 1.54. The molecular formula is C11H8F5N5. The number of halogens is 5. The van der Waals surface area contributed by atoms with Gasteiger partial charge in [-0.2, -0.15) is 4.98 Å². The number of aryl methyl sites for hydroxylation is 1. The van der Waals surface area contributed by atoms with Crippen molar-refractivity contribution in [3.8, 4) is 0 Å². The molecule has 5 nitrogen and oxygen atoms in total. The van der Waals surface area contributed by atoms with Crippen molar-refractivity contribution in [3.63, 3.8) is 0 Å². The SMILES string of the molecule is Cc1cc(Nc2c(F)c(F)c(F)c(F)c2F)nc(NN)n1. The maximum absolute atomic E-state index is 13.5. The first kappa shape index (κ1) is 14.9. The number of rotatable bonds is 3. The molecule has 1 aromatic heterocycles. The van der Waals surface area contributed by atoms with Gasteiger partial charge in [0.2, 0.25) is 11.8 Å². The minimum atomic E-state index is -2.24. The Morgan fingerprint density at radius 1 is 0.905 bits per heavy atom. The molecule has 0 atom stereocenters. The van der Waals surface area contributed by atoms with Crippen LogP contribution in [-0.4, -0.2) is 9.97 Å². The first-order valence-corrected chi connectivity index (χ1v) is 5.46. The molecule has 1 aromatic carbocycles. The predicted molar refractivity (Wildman–Crippen MR) is 64.1 cm³/mol. The van der Waals surface area contributed by atoms with Gasteiger partial charge in [-0.3, -0.25) is 5.43 Å². The Morgan fingerprint density at radius 3 is 1.95 bits per heavy atom. The second-order valence-electron chi connectivity index (χ2n) is 3.93. The van der Waals surface area contributed by atoms with Crippen molar-refractivity contribution in [3.05, 3.63) is 40.8 Å². The van der Waals surface area contributed by atoms with Crippen LogP contribution in [0.2, 0.25) is 0 Å². The number of benzene rings is 1. The summed E-state index contributed by atoms with van der Waals surface area (Å²) in [6, 6.07) is 1.24. The minimum absolute atomic E-state index is 0.0960. The van der Waals surface area contributed by atoms with E-state index in [0.29, 0.717) is 5.69 Å². The number of nitrogens with one attached hydrogen (secondary N) is 2. The van der Waals surface area contributed by atoms with Crippen LogP contribution < -0.4 is 16.6 Å². The van der Waals surface area contributed by atoms with E-state index in [2.05, 4.69) is 15.4 Å². The Labute approximate surface area is 115 Å². The van der Waals surface area contributed by atoms with Crippen LogP contribution in [0.3, 0.4) is 0 Å². The lowest BCUT2D eigenvalue weighted by Crippen LogP contribution is -2.13. The summed E-state index contributed by atoms with van der Waals surface area (Å²) in [6.07, 6.45) is 0. The van der Waals surface area contributed by atoms with E-state index in [-0.39, 0.29) is 11.8 Å². The van der Waals surface area contributed by atoms with Crippen molar-refractivity contribution in [1.82, 2.24) is 9.97 Å². The van der Waals surface area contributed by atoms with Crippen molar-refractivity contribution in [2.75, 3.05) is 10.7 Å². The number of nitrogen functional groups attached to an aromatic ring is 1. The summed E-state index contributed by atoms with van der Waals surface area (Å²) in [5, 5.41) is 2.02. The molecular weight excluding hydrogens is 297 g/mol. The molecule has 0 bridgehead atoms. The fraction of sp³-hybridized carbons (Fsp3) is 0.0909. The maximum Gasteiger partial charge on any atom is 0.239 e. The van der Waals surface area contributed by atoms with Gasteiger partial charge in [0.15, 0.2) is 23.3 Å². The normalized spacial score (nSPS) is 10.6. The number of anilines is 3. The van der Waals surface area contributed by atoms with Crippen molar-refractivity contribution < 1.29 is 22.0 Å². The van der Waals surface area contributed by atoms with Gasteiger partial charge < -0.3 is 5.32 Å². The van der Waals surface area contributed by atoms with Gasteiger partial charge in [-0.05, 0) is 6.92 Å². The Morgan fingerprint density at radius 2 is 1.43 bits per heavy atom. The van der Waals surface area contributed by atoms with E-state index in [0.717, 1.165) is 0 Å². The standard InChI is InChI=1S/C11H8F5N5/c1-3-2-4(20-11(18-3)21-17)19-10-8(15)6(13)5(12)7(14)9(10)16/h2H,17H2,1H3,(H2,18,19,20,21). The van der Waals surface area contributed by atoms with Crippen LogP contribution in [-0.2, 0) is 0 Å². The van der Waals surface area contributed by atoms with Crippen LogP contribution in [0.15, 0.2) is 6.07 Å². The second kappa shape index (κ2) is 5.48. The summed E-state index contributed by atoms with van der Waals surface area (Å²) in [4.78, 5) is 7.49. The van der Waals surface area contributed by atoms with Gasteiger partial charge in [0.25, 0.3) is 0 Å². The molecule has 0 aliphatic rings. The zero-order valence-corrected chi connectivity index (χ0v) is 10.4. The number of nitrogens with two attached hydrogens (primary N) is 1. The van der Waals surface area contributed by atoms with E-state index < -0.39 is 34.8 Å². The molecule has 0 radical (unpaired) electrons. The van der Waals surface area contributed by atoms with E-state index in [1.165, 1.54) is 13.0 Å². The van der Waals surface area contributed by atoms with Gasteiger partial charge in [-0.25, -0.2) is 32.8 Å². The van der Waals surface area contributed by atoms with Crippen LogP contribution in [0.5, 0.6) is 0 Å². The summed E-state index contributed by atoms with van der Waals surface area (Å²) < 4.78 is 66.0. The summed E-state index contributed by atoms with van der Waals surface area (Å²) in [7, 11) is 0. The molecule has 0 fully saturated rings. The van der Waals surface area contributed by atoms with E-state index in [1.807, 2.05) is 5.32 Å². The minimum Gasteiger partial charge on any atom is -0.335 e. The average Bonchev–Trinajstić information content (AvgIpc) is 2.47. The molecule has 1 heterocycles. The Hall–Kier alpha value is -2.49. The van der Waals surface area contributed by atoms with Gasteiger partial charge in [0.05, 0.1) is 0 Å². The van der Waals surface area contributed by atoms with Gasteiger partial charge in [-0.1, -0.05) is 0 Å². The molecule has 0 aliphatic heterocycles. The van der Waals surface area contributed by atoms with E-state index in [4.69, 9.17) is 5.84 Å². The third-order valence-corrected chi connectivity index (χ3v) is 2.45. The molecule has 112 valence electrons. The van der Waals surface area contributed by atoms with Gasteiger partial charge in [-0.15, -0.1) is 0 Å². The highest BCUT2D eigenvalue weighted by molar-refractivity contribution is 5.59. The predicted octanol–water partition coefficient (Wildman–Crippen LogP) is 2.51. The first-order valence-electron chi connectivity index (χ1n) is 5.46. The van der Waals surface area contributed by atoms with Crippen molar-refractivity contribution >= 4 is 17.5 Å². The van der Waals surface area contributed by atoms with E-state index in [1.54, 1.807) is 0 Å². The van der Waals surface area contributed by atoms with Gasteiger partial charge in [0, 0.05) is 11.8 Å². The van der Waals surface area contributed by atoms with Crippen LogP contribution in [0.25, 0.3) is 0 Å². The Balaban J connectivity index is 2.52. The molecule has 0 amide bonds. The van der Waals surface area contributed by atoms with Crippen molar-refractivity contribution in [2.45, 2.75) is 6.92 Å². The van der Waals surface area contributed by atoms with Crippen LogP contribution in [0.1, 0.15) is 5.69 Å². The molecule has 0 unspecified atom stereocenters. The van der Waals surface area contributed by atoms with Gasteiger partial charge in [0.1, 0.15) is 11.5 Å². The molecule has 0 saturated heterocycles. The Kier molecular flexibility index (Phi) is 3.89. The highest BCUT2D eigenvalue weighted by Crippen LogP contribution is 2.29. The third-order valence-electron chi connectivity index (χ3n) is 2.45. The maximum atomic E-state index is 13.5. The summed E-state index contributed by atoms with van der Waals surface area (Å²) in [6.45, 7) is 1.52. The molecule has 10 heteroatoms. The number of aromatic nitrogens is 2. The summed E-state index contributed by atoms with van der Waals surface area (Å²) in [5.41, 5.74) is 1.23. The zero-order chi connectivity index (χ0) is 15.7. The van der Waals surface area contributed by atoms with E-state index in [9.17, 15) is 22.0 Å². The molecule has 2 aromatic rings. The second-order valence-corrected chi connectivity index (χ2v) is 3.93. The smallest absolute Gasteiger partial charge is 0.239 e. The monoisotopic (exact) mass is 305 g/mol. The molecule has 0 aliphatic carbocycles. The first-order chi connectivity index (χ1) is 9.85. The lowest BCUT2D eigenvalue weighted by atomic mass is 10.2. The Bertz CT molecular complexity index is 677. The van der Waals surface area contributed by atoms with Crippen molar-refractivity contribution in [2.24, 2.45) is 5.84 Å². The molecule has 2 rings (SSSR count).